The van der Waals surface area contributed by atoms with Crippen LogP contribution in [-0.4, -0.2) is 32.4 Å². The number of ether oxygens (including phenoxy) is 1. The van der Waals surface area contributed by atoms with Gasteiger partial charge in [-0.05, 0) is 38.0 Å². The first-order valence-electron chi connectivity index (χ1n) is 6.42. The van der Waals surface area contributed by atoms with E-state index in [2.05, 4.69) is 0 Å². The average molecular weight is 284 g/mol. The summed E-state index contributed by atoms with van der Waals surface area (Å²) in [5.74, 6) is 0.491. The van der Waals surface area contributed by atoms with Gasteiger partial charge in [0.2, 0.25) is 10.0 Å². The molecule has 2 rings (SSSR count). The Morgan fingerprint density at radius 3 is 2.68 bits per heavy atom. The molecule has 106 valence electrons. The number of sulfonamides is 1. The lowest BCUT2D eigenvalue weighted by molar-refractivity contribution is 0.268. The highest BCUT2D eigenvalue weighted by Gasteiger charge is 2.31. The first-order chi connectivity index (χ1) is 8.96. The van der Waals surface area contributed by atoms with Crippen LogP contribution in [0.2, 0.25) is 0 Å². The molecule has 0 bridgehead atoms. The Balaban J connectivity index is 2.36. The van der Waals surface area contributed by atoms with Gasteiger partial charge in [-0.2, -0.15) is 4.31 Å². The zero-order chi connectivity index (χ0) is 14.0. The molecule has 1 atom stereocenters. The van der Waals surface area contributed by atoms with Gasteiger partial charge < -0.3 is 10.5 Å². The van der Waals surface area contributed by atoms with E-state index in [0.29, 0.717) is 18.0 Å². The predicted octanol–water partition coefficient (Wildman–Crippen LogP) is 1.84. The van der Waals surface area contributed by atoms with Crippen molar-refractivity contribution in [3.05, 3.63) is 18.2 Å². The fourth-order valence-corrected chi connectivity index (χ4v) is 4.17. The van der Waals surface area contributed by atoms with Crippen LogP contribution in [0.3, 0.4) is 0 Å². The van der Waals surface area contributed by atoms with Gasteiger partial charge in [0.15, 0.2) is 0 Å². The van der Waals surface area contributed by atoms with Crippen molar-refractivity contribution in [2.24, 2.45) is 0 Å². The Morgan fingerprint density at radius 1 is 1.37 bits per heavy atom. The summed E-state index contributed by atoms with van der Waals surface area (Å²) in [6.45, 7) is 2.53. The van der Waals surface area contributed by atoms with Crippen LogP contribution < -0.4 is 10.5 Å². The second-order valence-electron chi connectivity index (χ2n) is 4.86. The van der Waals surface area contributed by atoms with Gasteiger partial charge in [-0.15, -0.1) is 0 Å². The zero-order valence-corrected chi connectivity index (χ0v) is 12.1. The molecule has 1 aliphatic heterocycles. The molecule has 0 aromatic heterocycles. The van der Waals surface area contributed by atoms with Gasteiger partial charge >= 0.3 is 0 Å². The van der Waals surface area contributed by atoms with Gasteiger partial charge in [0, 0.05) is 12.6 Å². The molecule has 1 aliphatic rings. The van der Waals surface area contributed by atoms with Crippen LogP contribution in [0.5, 0.6) is 5.75 Å². The Bertz CT molecular complexity index is 557. The summed E-state index contributed by atoms with van der Waals surface area (Å²) in [6.07, 6.45) is 2.90. The molecule has 1 unspecified atom stereocenters. The van der Waals surface area contributed by atoms with E-state index in [1.807, 2.05) is 6.92 Å². The quantitative estimate of drug-likeness (QED) is 0.860. The molecular weight excluding hydrogens is 264 g/mol. The van der Waals surface area contributed by atoms with Crippen LogP contribution in [0.4, 0.5) is 5.69 Å². The van der Waals surface area contributed by atoms with E-state index < -0.39 is 10.0 Å². The molecular formula is C13H20N2O3S. The number of rotatable bonds is 3. The van der Waals surface area contributed by atoms with Crippen molar-refractivity contribution in [1.82, 2.24) is 4.31 Å². The smallest absolute Gasteiger partial charge is 0.243 e. The third-order valence-corrected chi connectivity index (χ3v) is 5.56. The molecule has 0 radical (unpaired) electrons. The predicted molar refractivity (Wildman–Crippen MR) is 74.6 cm³/mol. The van der Waals surface area contributed by atoms with Gasteiger partial charge in [-0.3, -0.25) is 0 Å². The molecule has 19 heavy (non-hydrogen) atoms. The number of anilines is 1. The van der Waals surface area contributed by atoms with Gasteiger partial charge in [-0.1, -0.05) is 6.42 Å². The monoisotopic (exact) mass is 284 g/mol. The van der Waals surface area contributed by atoms with Crippen LogP contribution in [0, 0.1) is 0 Å². The van der Waals surface area contributed by atoms with E-state index in [9.17, 15) is 8.42 Å². The van der Waals surface area contributed by atoms with E-state index in [0.717, 1.165) is 19.3 Å². The Morgan fingerprint density at radius 2 is 2.11 bits per heavy atom. The minimum atomic E-state index is -3.46. The number of hydrogen-bond acceptors (Lipinski definition) is 4. The van der Waals surface area contributed by atoms with Crippen LogP contribution >= 0.6 is 0 Å². The van der Waals surface area contributed by atoms with Gasteiger partial charge in [-0.25, -0.2) is 8.42 Å². The first kappa shape index (κ1) is 14.1. The van der Waals surface area contributed by atoms with Crippen molar-refractivity contribution < 1.29 is 13.2 Å². The maximum atomic E-state index is 12.6. The highest BCUT2D eigenvalue weighted by atomic mass is 32.2. The molecule has 0 amide bonds. The summed E-state index contributed by atoms with van der Waals surface area (Å²) in [5, 5.41) is 0. The first-order valence-corrected chi connectivity index (χ1v) is 7.86. The Kier molecular flexibility index (Phi) is 4.01. The number of benzene rings is 1. The van der Waals surface area contributed by atoms with Crippen LogP contribution in [-0.2, 0) is 10.0 Å². The van der Waals surface area contributed by atoms with E-state index >= 15 is 0 Å². The second kappa shape index (κ2) is 5.38. The Labute approximate surface area is 114 Å². The fraction of sp³-hybridized carbons (Fsp3) is 0.538. The molecule has 1 aromatic rings. The van der Waals surface area contributed by atoms with Gasteiger partial charge in [0.05, 0.1) is 17.7 Å². The number of nitrogen functional groups attached to an aromatic ring is 1. The molecule has 5 nitrogen and oxygen atoms in total. The number of nitrogens with two attached hydrogens (primary N) is 1. The molecule has 1 fully saturated rings. The van der Waals surface area contributed by atoms with Crippen LogP contribution in [0.1, 0.15) is 26.2 Å². The largest absolute Gasteiger partial charge is 0.495 e. The zero-order valence-electron chi connectivity index (χ0n) is 11.3. The van der Waals surface area contributed by atoms with E-state index in [4.69, 9.17) is 10.5 Å². The maximum Gasteiger partial charge on any atom is 0.243 e. The van der Waals surface area contributed by atoms with Crippen molar-refractivity contribution in [1.29, 1.82) is 0 Å². The van der Waals surface area contributed by atoms with E-state index in [1.54, 1.807) is 16.4 Å². The minimum absolute atomic E-state index is 0.0436. The number of methoxy groups -OCH3 is 1. The lowest BCUT2D eigenvalue weighted by Gasteiger charge is -2.32. The van der Waals surface area contributed by atoms with Crippen molar-refractivity contribution in [2.45, 2.75) is 37.1 Å². The maximum absolute atomic E-state index is 12.6. The number of nitrogens with zero attached hydrogens (tertiary/aromatic N) is 1. The third kappa shape index (κ3) is 2.69. The average Bonchev–Trinajstić information content (AvgIpc) is 2.39. The topological polar surface area (TPSA) is 72.6 Å². The number of hydrogen-bond donors (Lipinski definition) is 1. The highest BCUT2D eigenvalue weighted by molar-refractivity contribution is 7.89. The second-order valence-corrected chi connectivity index (χ2v) is 6.75. The number of piperidine rings is 1. The van der Waals surface area contributed by atoms with Crippen molar-refractivity contribution in [3.63, 3.8) is 0 Å². The summed E-state index contributed by atoms with van der Waals surface area (Å²) >= 11 is 0. The molecule has 1 aromatic carbocycles. The molecule has 6 heteroatoms. The summed E-state index contributed by atoms with van der Waals surface area (Å²) in [5.41, 5.74) is 6.13. The van der Waals surface area contributed by atoms with Crippen molar-refractivity contribution in [3.8, 4) is 5.75 Å². The standard InChI is InChI=1S/C13H20N2O3S/c1-10-5-3-4-8-15(10)19(16,17)11-6-7-13(18-2)12(14)9-11/h6-7,9-10H,3-5,8,14H2,1-2H3. The van der Waals surface area contributed by atoms with Gasteiger partial charge in [0.1, 0.15) is 5.75 Å². The van der Waals surface area contributed by atoms with E-state index in [-0.39, 0.29) is 10.9 Å². The van der Waals surface area contributed by atoms with E-state index in [1.165, 1.54) is 13.2 Å². The summed E-state index contributed by atoms with van der Waals surface area (Å²) in [6, 6.07) is 4.65. The van der Waals surface area contributed by atoms with Crippen LogP contribution in [0.25, 0.3) is 0 Å². The molecule has 0 aliphatic carbocycles. The normalized spacial score (nSPS) is 21.3. The molecule has 0 spiro atoms. The third-order valence-electron chi connectivity index (χ3n) is 3.55. The summed E-state index contributed by atoms with van der Waals surface area (Å²) in [4.78, 5) is 0.236. The summed E-state index contributed by atoms with van der Waals surface area (Å²) < 4.78 is 31.8. The van der Waals surface area contributed by atoms with Crippen molar-refractivity contribution >= 4 is 15.7 Å². The van der Waals surface area contributed by atoms with Gasteiger partial charge in [0.25, 0.3) is 0 Å². The molecule has 1 saturated heterocycles. The lowest BCUT2D eigenvalue weighted by atomic mass is 10.1. The summed E-state index contributed by atoms with van der Waals surface area (Å²) in [7, 11) is -1.95. The van der Waals surface area contributed by atoms with Crippen LogP contribution in [0.15, 0.2) is 23.1 Å². The lowest BCUT2D eigenvalue weighted by Crippen LogP contribution is -2.41. The molecule has 2 N–H and O–H groups in total. The fourth-order valence-electron chi connectivity index (χ4n) is 2.44. The molecule has 0 saturated carbocycles. The highest BCUT2D eigenvalue weighted by Crippen LogP contribution is 2.29. The van der Waals surface area contributed by atoms with Crippen molar-refractivity contribution in [2.75, 3.05) is 19.4 Å². The molecule has 1 heterocycles. The minimum Gasteiger partial charge on any atom is -0.495 e. The SMILES string of the molecule is COc1ccc(S(=O)(=O)N2CCCCC2C)cc1N. The Hall–Kier alpha value is -1.27.